The third kappa shape index (κ3) is 3.36. The Morgan fingerprint density at radius 3 is 2.46 bits per heavy atom. The first kappa shape index (κ1) is 18.5. The molecule has 0 saturated heterocycles. The molecule has 6 nitrogen and oxygen atoms in total. The number of carboxylic acid groups (broad SMARTS) is 1. The Hall–Kier alpha value is -2.26. The van der Waals surface area contributed by atoms with Crippen molar-refractivity contribution in [2.45, 2.75) is 31.1 Å². The number of nitriles is 1. The monoisotopic (exact) mass is 359 g/mol. The molecule has 2 fully saturated rings. The molecule has 2 atom stereocenters. The molecular weight excluding hydrogens is 334 g/mol. The molecule has 0 aromatic heterocycles. The van der Waals surface area contributed by atoms with Crippen LogP contribution in [0.15, 0.2) is 18.2 Å². The summed E-state index contributed by atoms with van der Waals surface area (Å²) in [5.41, 5.74) is 0.347. The Balaban J connectivity index is 1.82. The number of carbonyl (C=O) groups is 1. The molecule has 0 amide bonds. The maximum Gasteiger partial charge on any atom is 0.306 e. The molecule has 6 heteroatoms. The fraction of sp³-hybridized carbons (Fsp3) is 0.600. The predicted molar refractivity (Wildman–Crippen MR) is 94.2 cm³/mol. The molecule has 0 heterocycles. The summed E-state index contributed by atoms with van der Waals surface area (Å²) in [7, 11) is 3.20. The van der Waals surface area contributed by atoms with Crippen molar-refractivity contribution in [1.29, 1.82) is 5.26 Å². The Bertz CT molecular complexity index is 697. The van der Waals surface area contributed by atoms with Gasteiger partial charge in [-0.05, 0) is 55.2 Å². The third-order valence-electron chi connectivity index (χ3n) is 5.89. The normalized spacial score (nSPS) is 29.8. The lowest BCUT2D eigenvalue weighted by molar-refractivity contribution is -0.141. The maximum absolute atomic E-state index is 11.3. The van der Waals surface area contributed by atoms with Gasteiger partial charge in [-0.15, -0.1) is 0 Å². The quantitative estimate of drug-likeness (QED) is 0.753. The van der Waals surface area contributed by atoms with E-state index in [1.54, 1.807) is 14.2 Å². The molecule has 2 unspecified atom stereocenters. The fourth-order valence-corrected chi connectivity index (χ4v) is 4.61. The number of hydrogen-bond acceptors (Lipinski definition) is 5. The minimum atomic E-state index is -0.708. The van der Waals surface area contributed by atoms with E-state index in [9.17, 15) is 15.2 Å². The highest BCUT2D eigenvalue weighted by Gasteiger charge is 2.52. The molecule has 1 N–H and O–H groups in total. The van der Waals surface area contributed by atoms with Gasteiger partial charge in [-0.3, -0.25) is 4.79 Å². The Morgan fingerprint density at radius 1 is 1.23 bits per heavy atom. The lowest BCUT2D eigenvalue weighted by Gasteiger charge is -2.24. The topological polar surface area (TPSA) is 88.8 Å². The molecule has 26 heavy (non-hydrogen) atoms. The van der Waals surface area contributed by atoms with E-state index in [0.717, 1.165) is 5.56 Å². The Kier molecular flexibility index (Phi) is 5.38. The van der Waals surface area contributed by atoms with Gasteiger partial charge in [0.1, 0.15) is 6.61 Å². The fourth-order valence-electron chi connectivity index (χ4n) is 4.61. The van der Waals surface area contributed by atoms with Crippen molar-refractivity contribution < 1.29 is 24.1 Å². The lowest BCUT2D eigenvalue weighted by Crippen LogP contribution is -2.23. The number of methoxy groups -OCH3 is 2. The van der Waals surface area contributed by atoms with Crippen LogP contribution in [0.1, 0.15) is 31.2 Å². The summed E-state index contributed by atoms with van der Waals surface area (Å²) in [6.07, 6.45) is 2.77. The second-order valence-electron chi connectivity index (χ2n) is 7.34. The van der Waals surface area contributed by atoms with Crippen molar-refractivity contribution in [2.24, 2.45) is 17.8 Å². The largest absolute Gasteiger partial charge is 0.493 e. The highest BCUT2D eigenvalue weighted by molar-refractivity contribution is 5.70. The van der Waals surface area contributed by atoms with Crippen molar-refractivity contribution in [3.05, 3.63) is 23.8 Å². The third-order valence-corrected chi connectivity index (χ3v) is 5.89. The lowest BCUT2D eigenvalue weighted by atomic mass is 9.77. The maximum atomic E-state index is 11.3. The van der Waals surface area contributed by atoms with E-state index in [2.05, 4.69) is 6.07 Å². The Morgan fingerprint density at radius 2 is 1.92 bits per heavy atom. The molecule has 1 aromatic rings. The highest BCUT2D eigenvalue weighted by Crippen LogP contribution is 2.56. The van der Waals surface area contributed by atoms with Gasteiger partial charge in [0.15, 0.2) is 11.5 Å². The van der Waals surface area contributed by atoms with Gasteiger partial charge >= 0.3 is 5.97 Å². The highest BCUT2D eigenvalue weighted by atomic mass is 16.5. The summed E-state index contributed by atoms with van der Waals surface area (Å²) in [6.45, 7) is 0.874. The van der Waals surface area contributed by atoms with Crippen molar-refractivity contribution in [3.8, 4) is 17.6 Å². The van der Waals surface area contributed by atoms with Crippen molar-refractivity contribution in [3.63, 3.8) is 0 Å². The molecular formula is C20H25NO5. The number of hydrogen-bond donors (Lipinski definition) is 1. The van der Waals surface area contributed by atoms with Crippen LogP contribution in [0.4, 0.5) is 0 Å². The minimum absolute atomic E-state index is 0.259. The predicted octanol–water partition coefficient (Wildman–Crippen LogP) is 3.00. The van der Waals surface area contributed by atoms with Crippen LogP contribution in [0.25, 0.3) is 0 Å². The summed E-state index contributed by atoms with van der Waals surface area (Å²) in [5.74, 6) is 0.872. The molecule has 0 spiro atoms. The van der Waals surface area contributed by atoms with Crippen LogP contribution in [0.3, 0.4) is 0 Å². The number of benzene rings is 1. The molecule has 3 rings (SSSR count). The van der Waals surface area contributed by atoms with E-state index in [1.807, 2.05) is 18.2 Å². The zero-order valence-corrected chi connectivity index (χ0v) is 15.2. The van der Waals surface area contributed by atoms with E-state index in [-0.39, 0.29) is 5.92 Å². The minimum Gasteiger partial charge on any atom is -0.493 e. The molecule has 0 bridgehead atoms. The van der Waals surface area contributed by atoms with E-state index >= 15 is 0 Å². The number of carboxylic acids is 1. The van der Waals surface area contributed by atoms with Crippen molar-refractivity contribution in [2.75, 3.05) is 27.4 Å². The van der Waals surface area contributed by atoms with Crippen LogP contribution in [-0.4, -0.2) is 38.5 Å². The van der Waals surface area contributed by atoms with Gasteiger partial charge in [-0.1, -0.05) is 6.07 Å². The van der Waals surface area contributed by atoms with Gasteiger partial charge < -0.3 is 19.3 Å². The van der Waals surface area contributed by atoms with Gasteiger partial charge in [0.2, 0.25) is 0 Å². The van der Waals surface area contributed by atoms with Gasteiger partial charge in [-0.25, -0.2) is 0 Å². The second-order valence-corrected chi connectivity index (χ2v) is 7.34. The summed E-state index contributed by atoms with van der Waals surface area (Å²) < 4.78 is 16.1. The molecule has 2 aliphatic carbocycles. The molecule has 2 aliphatic rings. The van der Waals surface area contributed by atoms with Gasteiger partial charge in [0, 0.05) is 7.11 Å². The molecule has 2 saturated carbocycles. The van der Waals surface area contributed by atoms with E-state index < -0.39 is 11.4 Å². The standard InChI is InChI=1S/C20H25NO5/c1-24-5-6-26-18-9-16(3-4-17(18)25-2)20(12-21)10-14-7-13(19(22)23)8-15(14)11-20/h3-4,9,13-15H,5-8,10-11H2,1-2H3,(H,22,23). The van der Waals surface area contributed by atoms with Gasteiger partial charge in [0.05, 0.1) is 31.1 Å². The molecule has 140 valence electrons. The van der Waals surface area contributed by atoms with Crippen LogP contribution in [0.2, 0.25) is 0 Å². The average molecular weight is 359 g/mol. The first-order valence-corrected chi connectivity index (χ1v) is 8.97. The zero-order valence-electron chi connectivity index (χ0n) is 15.2. The van der Waals surface area contributed by atoms with E-state index in [4.69, 9.17) is 14.2 Å². The molecule has 1 aromatic carbocycles. The summed E-state index contributed by atoms with van der Waals surface area (Å²) in [5, 5.41) is 19.2. The first-order valence-electron chi connectivity index (χ1n) is 8.97. The van der Waals surface area contributed by atoms with Crippen LogP contribution < -0.4 is 9.47 Å². The zero-order chi connectivity index (χ0) is 18.7. The Labute approximate surface area is 153 Å². The number of ether oxygens (including phenoxy) is 3. The van der Waals surface area contributed by atoms with Crippen LogP contribution in [-0.2, 0) is 14.9 Å². The number of aliphatic carboxylic acids is 1. The van der Waals surface area contributed by atoms with E-state index in [1.165, 1.54) is 0 Å². The van der Waals surface area contributed by atoms with Crippen LogP contribution in [0.5, 0.6) is 11.5 Å². The first-order chi connectivity index (χ1) is 12.5. The molecule has 0 radical (unpaired) electrons. The number of nitrogens with zero attached hydrogens (tertiary/aromatic N) is 1. The number of fused-ring (bicyclic) bond motifs is 1. The SMILES string of the molecule is COCCOc1cc(C2(C#N)CC3CC(C(=O)O)CC3C2)ccc1OC. The van der Waals surface area contributed by atoms with Crippen molar-refractivity contribution in [1.82, 2.24) is 0 Å². The average Bonchev–Trinajstić information content (AvgIpc) is 3.18. The number of rotatable bonds is 7. The summed E-state index contributed by atoms with van der Waals surface area (Å²) in [6, 6.07) is 8.20. The smallest absolute Gasteiger partial charge is 0.306 e. The van der Waals surface area contributed by atoms with Gasteiger partial charge in [-0.2, -0.15) is 5.26 Å². The summed E-state index contributed by atoms with van der Waals surface area (Å²) >= 11 is 0. The van der Waals surface area contributed by atoms with E-state index in [0.29, 0.717) is 62.2 Å². The van der Waals surface area contributed by atoms with Gasteiger partial charge in [0.25, 0.3) is 0 Å². The van der Waals surface area contributed by atoms with Crippen LogP contribution in [0, 0.1) is 29.1 Å². The van der Waals surface area contributed by atoms with Crippen molar-refractivity contribution >= 4 is 5.97 Å². The van der Waals surface area contributed by atoms with Crippen LogP contribution >= 0.6 is 0 Å². The second kappa shape index (κ2) is 7.55. The summed E-state index contributed by atoms with van der Waals surface area (Å²) in [4.78, 5) is 11.3. The molecule has 0 aliphatic heterocycles.